The summed E-state index contributed by atoms with van der Waals surface area (Å²) < 4.78 is 5.35. The minimum absolute atomic E-state index is 0.210. The molecule has 1 amide bonds. The molecule has 0 fully saturated rings. The third-order valence-electron chi connectivity index (χ3n) is 1.96. The Morgan fingerprint density at radius 3 is 2.84 bits per heavy atom. The highest BCUT2D eigenvalue weighted by Crippen LogP contribution is 2.10. The van der Waals surface area contributed by atoms with Gasteiger partial charge in [-0.3, -0.25) is 4.79 Å². The Morgan fingerprint density at radius 2 is 2.21 bits per heavy atom. The van der Waals surface area contributed by atoms with E-state index in [9.17, 15) is 4.79 Å². The van der Waals surface area contributed by atoms with Crippen molar-refractivity contribution in [3.63, 3.8) is 0 Å². The third-order valence-corrected chi connectivity index (χ3v) is 2.14. The van der Waals surface area contributed by atoms with Gasteiger partial charge in [-0.25, -0.2) is 5.43 Å². The first-order valence-electron chi connectivity index (χ1n) is 5.43. The molecule has 19 heavy (non-hydrogen) atoms. The molecule has 0 bridgehead atoms. The van der Waals surface area contributed by atoms with E-state index in [4.69, 9.17) is 21.6 Å². The zero-order chi connectivity index (χ0) is 13.9. The number of rotatable bonds is 6. The van der Waals surface area contributed by atoms with Crippen LogP contribution in [0.5, 0.6) is 5.75 Å². The first kappa shape index (κ1) is 14.7. The summed E-state index contributed by atoms with van der Waals surface area (Å²) in [4.78, 5) is 10.9. The van der Waals surface area contributed by atoms with Crippen molar-refractivity contribution in [2.75, 3.05) is 6.61 Å². The molecular formula is C13H12ClN3O2. The van der Waals surface area contributed by atoms with Gasteiger partial charge in [0.1, 0.15) is 18.8 Å². The van der Waals surface area contributed by atoms with Gasteiger partial charge in [0.25, 0.3) is 5.91 Å². The molecule has 1 rings (SSSR count). The molecule has 1 aromatic carbocycles. The van der Waals surface area contributed by atoms with Crippen LogP contribution < -0.4 is 10.2 Å². The maximum atomic E-state index is 10.9. The maximum absolute atomic E-state index is 10.9. The van der Waals surface area contributed by atoms with Crippen molar-refractivity contribution in [2.45, 2.75) is 6.42 Å². The van der Waals surface area contributed by atoms with Crippen molar-refractivity contribution in [2.24, 2.45) is 5.10 Å². The van der Waals surface area contributed by atoms with Crippen LogP contribution in [0.4, 0.5) is 0 Å². The van der Waals surface area contributed by atoms with Gasteiger partial charge in [-0.2, -0.15) is 10.4 Å². The zero-order valence-electron chi connectivity index (χ0n) is 10.0. The van der Waals surface area contributed by atoms with Gasteiger partial charge >= 0.3 is 0 Å². The standard InChI is InChI=1S/C13H12ClN3O2/c14-7-1-9-19-12-4-2-11(3-5-12)10-16-17-13(18)6-8-15/h1-5,7,10H,6,9H2,(H,17,18). The second-order valence-corrected chi connectivity index (χ2v) is 3.62. The molecular weight excluding hydrogens is 266 g/mol. The number of carbonyl (C=O) groups is 1. The Labute approximate surface area is 116 Å². The summed E-state index contributed by atoms with van der Waals surface area (Å²) in [5.74, 6) is 0.270. The molecule has 0 aromatic heterocycles. The average Bonchev–Trinajstić information content (AvgIpc) is 2.41. The molecule has 1 N–H and O–H groups in total. The molecule has 0 saturated carbocycles. The Morgan fingerprint density at radius 1 is 1.47 bits per heavy atom. The van der Waals surface area contributed by atoms with Crippen LogP contribution in [0, 0.1) is 11.3 Å². The number of nitriles is 1. The van der Waals surface area contributed by atoms with E-state index in [0.717, 1.165) is 5.56 Å². The van der Waals surface area contributed by atoms with Crippen LogP contribution in [0.25, 0.3) is 0 Å². The number of amides is 1. The number of nitrogens with one attached hydrogen (secondary N) is 1. The van der Waals surface area contributed by atoms with E-state index in [-0.39, 0.29) is 6.42 Å². The Bertz CT molecular complexity index is 504. The van der Waals surface area contributed by atoms with Crippen molar-refractivity contribution in [3.8, 4) is 11.8 Å². The second kappa shape index (κ2) is 8.72. The Balaban J connectivity index is 2.45. The molecule has 0 atom stereocenters. The van der Waals surface area contributed by atoms with E-state index in [1.165, 1.54) is 11.7 Å². The lowest BCUT2D eigenvalue weighted by molar-refractivity contribution is -0.120. The van der Waals surface area contributed by atoms with E-state index >= 15 is 0 Å². The Hall–Kier alpha value is -2.32. The largest absolute Gasteiger partial charge is 0.490 e. The highest BCUT2D eigenvalue weighted by Gasteiger charge is 1.96. The smallest absolute Gasteiger partial charge is 0.254 e. The van der Waals surface area contributed by atoms with Gasteiger partial charge in [0.15, 0.2) is 0 Å². The fraction of sp³-hybridized carbons (Fsp3) is 0.154. The third kappa shape index (κ3) is 6.24. The van der Waals surface area contributed by atoms with Crippen LogP contribution in [-0.2, 0) is 4.79 Å². The molecule has 0 radical (unpaired) electrons. The maximum Gasteiger partial charge on any atom is 0.254 e. The molecule has 1 aromatic rings. The number of hydrogen-bond donors (Lipinski definition) is 1. The number of carbonyl (C=O) groups excluding carboxylic acids is 1. The number of hydrogen-bond acceptors (Lipinski definition) is 4. The van der Waals surface area contributed by atoms with E-state index in [0.29, 0.717) is 12.4 Å². The van der Waals surface area contributed by atoms with Crippen molar-refractivity contribution < 1.29 is 9.53 Å². The van der Waals surface area contributed by atoms with E-state index < -0.39 is 5.91 Å². The number of halogens is 1. The second-order valence-electron chi connectivity index (χ2n) is 3.37. The summed E-state index contributed by atoms with van der Waals surface area (Å²) >= 11 is 5.37. The highest BCUT2D eigenvalue weighted by molar-refractivity contribution is 6.25. The van der Waals surface area contributed by atoms with Gasteiger partial charge in [-0.05, 0) is 35.9 Å². The normalized spacial score (nSPS) is 10.5. The molecule has 0 heterocycles. The van der Waals surface area contributed by atoms with Gasteiger partial charge in [-0.1, -0.05) is 11.6 Å². The van der Waals surface area contributed by atoms with Crippen LogP contribution in [0.1, 0.15) is 12.0 Å². The van der Waals surface area contributed by atoms with Gasteiger partial charge in [0, 0.05) is 5.54 Å². The van der Waals surface area contributed by atoms with Gasteiger partial charge < -0.3 is 4.74 Å². The molecule has 6 heteroatoms. The predicted molar refractivity (Wildman–Crippen MR) is 72.9 cm³/mol. The molecule has 0 aliphatic rings. The van der Waals surface area contributed by atoms with Gasteiger partial charge in [0.2, 0.25) is 0 Å². The molecule has 98 valence electrons. The molecule has 0 unspecified atom stereocenters. The SMILES string of the molecule is N#CCC(=O)NN=Cc1ccc(OCC=CCl)cc1. The topological polar surface area (TPSA) is 74.5 Å². The molecule has 0 saturated heterocycles. The van der Waals surface area contributed by atoms with Crippen LogP contribution in [0.15, 0.2) is 41.0 Å². The molecule has 0 aliphatic heterocycles. The zero-order valence-corrected chi connectivity index (χ0v) is 10.8. The number of ether oxygens (including phenoxy) is 1. The fourth-order valence-corrected chi connectivity index (χ4v) is 1.19. The molecule has 5 nitrogen and oxygen atoms in total. The van der Waals surface area contributed by atoms with E-state index in [2.05, 4.69) is 10.5 Å². The Kier molecular flexibility index (Phi) is 6.77. The lowest BCUT2D eigenvalue weighted by atomic mass is 10.2. The lowest BCUT2D eigenvalue weighted by Gasteiger charge is -2.02. The monoisotopic (exact) mass is 277 g/mol. The van der Waals surface area contributed by atoms with Crippen molar-refractivity contribution in [3.05, 3.63) is 41.4 Å². The van der Waals surface area contributed by atoms with Crippen molar-refractivity contribution in [1.82, 2.24) is 5.43 Å². The minimum atomic E-state index is -0.438. The van der Waals surface area contributed by atoms with Crippen molar-refractivity contribution in [1.29, 1.82) is 5.26 Å². The van der Waals surface area contributed by atoms with Gasteiger partial charge in [0.05, 0.1) is 12.3 Å². The first-order valence-corrected chi connectivity index (χ1v) is 5.87. The minimum Gasteiger partial charge on any atom is -0.490 e. The summed E-state index contributed by atoms with van der Waals surface area (Å²) in [6.07, 6.45) is 2.96. The fourth-order valence-electron chi connectivity index (χ4n) is 1.12. The average molecular weight is 278 g/mol. The lowest BCUT2D eigenvalue weighted by Crippen LogP contribution is -2.16. The number of hydrazone groups is 1. The summed E-state index contributed by atoms with van der Waals surface area (Å²) in [6.45, 7) is 0.404. The summed E-state index contributed by atoms with van der Waals surface area (Å²) in [5.41, 5.74) is 4.44. The van der Waals surface area contributed by atoms with Crippen molar-refractivity contribution >= 4 is 23.7 Å². The van der Waals surface area contributed by atoms with E-state index in [1.807, 2.05) is 0 Å². The van der Waals surface area contributed by atoms with Crippen LogP contribution >= 0.6 is 11.6 Å². The van der Waals surface area contributed by atoms with Crippen LogP contribution in [0.2, 0.25) is 0 Å². The number of nitrogens with zero attached hydrogens (tertiary/aromatic N) is 2. The molecule has 0 spiro atoms. The number of benzene rings is 1. The van der Waals surface area contributed by atoms with Crippen LogP contribution in [0.3, 0.4) is 0 Å². The first-order chi connectivity index (χ1) is 9.26. The molecule has 0 aliphatic carbocycles. The van der Waals surface area contributed by atoms with Gasteiger partial charge in [-0.15, -0.1) is 0 Å². The summed E-state index contributed by atoms with van der Waals surface area (Å²) in [6, 6.07) is 8.87. The van der Waals surface area contributed by atoms with Crippen LogP contribution in [-0.4, -0.2) is 18.7 Å². The summed E-state index contributed by atoms with van der Waals surface area (Å²) in [5, 5.41) is 12.0. The van der Waals surface area contributed by atoms with E-state index in [1.54, 1.807) is 36.4 Å². The summed E-state index contributed by atoms with van der Waals surface area (Å²) in [7, 11) is 0. The predicted octanol–water partition coefficient (Wildman–Crippen LogP) is 2.18. The highest BCUT2D eigenvalue weighted by atomic mass is 35.5. The quantitative estimate of drug-likeness (QED) is 0.640.